The molecule has 4 heteroatoms. The van der Waals surface area contributed by atoms with Crippen LogP contribution in [0.3, 0.4) is 0 Å². The summed E-state index contributed by atoms with van der Waals surface area (Å²) in [5, 5.41) is 3.00. The average Bonchev–Trinajstić information content (AvgIpc) is 2.54. The molecule has 4 nitrogen and oxygen atoms in total. The minimum Gasteiger partial charge on any atom is -0.494 e. The van der Waals surface area contributed by atoms with Gasteiger partial charge < -0.3 is 15.8 Å². The fraction of sp³-hybridized carbons (Fsp3) is 0.611. The molecule has 1 aromatic rings. The summed E-state index contributed by atoms with van der Waals surface area (Å²) in [7, 11) is 1.59. The Hall–Kier alpha value is -1.71. The Bertz CT molecular complexity index is 494. The molecule has 3 N–H and O–H groups in total. The van der Waals surface area contributed by atoms with Crippen molar-refractivity contribution in [3.8, 4) is 5.75 Å². The second kappa shape index (κ2) is 8.06. The van der Waals surface area contributed by atoms with Gasteiger partial charge in [-0.25, -0.2) is 0 Å². The van der Waals surface area contributed by atoms with Crippen LogP contribution in [0.15, 0.2) is 18.2 Å². The van der Waals surface area contributed by atoms with Gasteiger partial charge in [0.2, 0.25) is 5.91 Å². The molecule has 0 saturated heterocycles. The Morgan fingerprint density at radius 1 is 1.32 bits per heavy atom. The molecule has 2 rings (SSSR count). The monoisotopic (exact) mass is 304 g/mol. The maximum Gasteiger partial charge on any atom is 0.227 e. The van der Waals surface area contributed by atoms with Crippen LogP contribution in [-0.2, 0) is 4.79 Å². The van der Waals surface area contributed by atoms with Crippen LogP contribution in [0.5, 0.6) is 5.75 Å². The van der Waals surface area contributed by atoms with E-state index >= 15 is 0 Å². The molecule has 0 unspecified atom stereocenters. The van der Waals surface area contributed by atoms with E-state index in [-0.39, 0.29) is 11.8 Å². The fourth-order valence-corrected chi connectivity index (χ4v) is 3.25. The second-order valence-electron chi connectivity index (χ2n) is 6.31. The van der Waals surface area contributed by atoms with Crippen LogP contribution < -0.4 is 15.8 Å². The molecule has 0 heterocycles. The largest absolute Gasteiger partial charge is 0.494 e. The number of hydrogen-bond acceptors (Lipinski definition) is 3. The zero-order valence-corrected chi connectivity index (χ0v) is 13.7. The number of rotatable bonds is 6. The summed E-state index contributed by atoms with van der Waals surface area (Å²) < 4.78 is 5.28. The molecular weight excluding hydrogens is 276 g/mol. The van der Waals surface area contributed by atoms with Crippen molar-refractivity contribution in [3.63, 3.8) is 0 Å². The van der Waals surface area contributed by atoms with Gasteiger partial charge in [0.1, 0.15) is 5.75 Å². The summed E-state index contributed by atoms with van der Waals surface area (Å²) in [5.74, 6) is 1.66. The molecule has 1 amide bonds. The van der Waals surface area contributed by atoms with Gasteiger partial charge in [-0.15, -0.1) is 0 Å². The van der Waals surface area contributed by atoms with Crippen LogP contribution in [-0.4, -0.2) is 13.0 Å². The third-order valence-corrected chi connectivity index (χ3v) is 4.67. The summed E-state index contributed by atoms with van der Waals surface area (Å²) in [6.07, 6.45) is 8.24. The van der Waals surface area contributed by atoms with E-state index in [2.05, 4.69) is 12.2 Å². The topological polar surface area (TPSA) is 64.4 Å². The first kappa shape index (κ1) is 16.7. The highest BCUT2D eigenvalue weighted by Gasteiger charge is 2.26. The predicted octanol–water partition coefficient (Wildman–Crippen LogP) is 4.21. The minimum absolute atomic E-state index is 0.108. The minimum atomic E-state index is 0.108. The van der Waals surface area contributed by atoms with E-state index in [9.17, 15) is 4.79 Å². The Balaban J connectivity index is 1.88. The SMILES string of the molecule is CCCCC1CCC(C(=O)Nc2ccc(N)cc2OC)CC1. The highest BCUT2D eigenvalue weighted by atomic mass is 16.5. The van der Waals surface area contributed by atoms with E-state index in [0.717, 1.165) is 18.8 Å². The molecule has 0 atom stereocenters. The predicted molar refractivity (Wildman–Crippen MR) is 91.0 cm³/mol. The van der Waals surface area contributed by atoms with Gasteiger partial charge in [-0.2, -0.15) is 0 Å². The zero-order chi connectivity index (χ0) is 15.9. The number of carbonyl (C=O) groups is 1. The molecule has 0 aromatic heterocycles. The normalized spacial score (nSPS) is 21.4. The van der Waals surface area contributed by atoms with Crippen molar-refractivity contribution >= 4 is 17.3 Å². The molecule has 22 heavy (non-hydrogen) atoms. The van der Waals surface area contributed by atoms with Gasteiger partial charge in [0.25, 0.3) is 0 Å². The first-order chi connectivity index (χ1) is 10.6. The molecule has 1 saturated carbocycles. The number of methoxy groups -OCH3 is 1. The van der Waals surface area contributed by atoms with Crippen LogP contribution in [0, 0.1) is 11.8 Å². The first-order valence-electron chi connectivity index (χ1n) is 8.38. The number of anilines is 2. The molecule has 1 aliphatic rings. The zero-order valence-electron chi connectivity index (χ0n) is 13.7. The van der Waals surface area contributed by atoms with Gasteiger partial charge in [-0.3, -0.25) is 4.79 Å². The van der Waals surface area contributed by atoms with Gasteiger partial charge >= 0.3 is 0 Å². The van der Waals surface area contributed by atoms with Crippen LogP contribution in [0.4, 0.5) is 11.4 Å². The number of benzene rings is 1. The van der Waals surface area contributed by atoms with E-state index < -0.39 is 0 Å². The van der Waals surface area contributed by atoms with E-state index in [1.807, 2.05) is 0 Å². The van der Waals surface area contributed by atoms with Crippen molar-refractivity contribution in [3.05, 3.63) is 18.2 Å². The first-order valence-corrected chi connectivity index (χ1v) is 8.38. The summed E-state index contributed by atoms with van der Waals surface area (Å²) in [5.41, 5.74) is 7.07. The lowest BCUT2D eigenvalue weighted by Crippen LogP contribution is -2.27. The molecule has 122 valence electrons. The highest BCUT2D eigenvalue weighted by Crippen LogP contribution is 2.33. The maximum absolute atomic E-state index is 12.4. The summed E-state index contributed by atoms with van der Waals surface area (Å²) in [6.45, 7) is 2.24. The lowest BCUT2D eigenvalue weighted by atomic mass is 9.79. The van der Waals surface area contributed by atoms with Gasteiger partial charge in [0.15, 0.2) is 0 Å². The quantitative estimate of drug-likeness (QED) is 0.774. The third kappa shape index (κ3) is 4.39. The van der Waals surface area contributed by atoms with E-state index in [1.165, 1.54) is 32.1 Å². The average molecular weight is 304 g/mol. The van der Waals surface area contributed by atoms with Gasteiger partial charge in [0, 0.05) is 17.7 Å². The Kier molecular flexibility index (Phi) is 6.10. The van der Waals surface area contributed by atoms with E-state index in [1.54, 1.807) is 25.3 Å². The molecule has 0 aliphatic heterocycles. The summed E-state index contributed by atoms with van der Waals surface area (Å²) in [6, 6.07) is 5.32. The van der Waals surface area contributed by atoms with Crippen molar-refractivity contribution in [2.45, 2.75) is 51.9 Å². The smallest absolute Gasteiger partial charge is 0.227 e. The number of ether oxygens (including phenoxy) is 1. The molecular formula is C18H28N2O2. The molecule has 1 aliphatic carbocycles. The van der Waals surface area contributed by atoms with E-state index in [0.29, 0.717) is 17.1 Å². The molecule has 0 bridgehead atoms. The van der Waals surface area contributed by atoms with Crippen molar-refractivity contribution in [1.82, 2.24) is 0 Å². The van der Waals surface area contributed by atoms with Crippen LogP contribution in [0.25, 0.3) is 0 Å². The van der Waals surface area contributed by atoms with Crippen molar-refractivity contribution in [1.29, 1.82) is 0 Å². The van der Waals surface area contributed by atoms with Crippen LogP contribution in [0.1, 0.15) is 51.9 Å². The van der Waals surface area contributed by atoms with Crippen molar-refractivity contribution in [2.75, 3.05) is 18.2 Å². The summed E-state index contributed by atoms with van der Waals surface area (Å²) >= 11 is 0. The standard InChI is InChI=1S/C18H28N2O2/c1-3-4-5-13-6-8-14(9-7-13)18(21)20-16-11-10-15(19)12-17(16)22-2/h10-14H,3-9,19H2,1-2H3,(H,20,21). The number of nitrogens with two attached hydrogens (primary N) is 1. The maximum atomic E-state index is 12.4. The van der Waals surface area contributed by atoms with Crippen molar-refractivity contribution < 1.29 is 9.53 Å². The number of amides is 1. The number of carbonyl (C=O) groups excluding carboxylic acids is 1. The second-order valence-corrected chi connectivity index (χ2v) is 6.31. The number of nitrogen functional groups attached to an aromatic ring is 1. The van der Waals surface area contributed by atoms with Gasteiger partial charge in [0.05, 0.1) is 12.8 Å². The molecule has 0 radical (unpaired) electrons. The molecule has 1 fully saturated rings. The fourth-order valence-electron chi connectivity index (χ4n) is 3.25. The number of nitrogens with one attached hydrogen (secondary N) is 1. The summed E-state index contributed by atoms with van der Waals surface area (Å²) in [4.78, 5) is 12.4. The molecule has 0 spiro atoms. The Morgan fingerprint density at radius 3 is 2.68 bits per heavy atom. The lowest BCUT2D eigenvalue weighted by molar-refractivity contribution is -0.121. The van der Waals surface area contributed by atoms with Gasteiger partial charge in [-0.1, -0.05) is 26.2 Å². The van der Waals surface area contributed by atoms with Gasteiger partial charge in [-0.05, 0) is 43.7 Å². The van der Waals surface area contributed by atoms with Crippen molar-refractivity contribution in [2.24, 2.45) is 11.8 Å². The van der Waals surface area contributed by atoms with E-state index in [4.69, 9.17) is 10.5 Å². The number of hydrogen-bond donors (Lipinski definition) is 2. The van der Waals surface area contributed by atoms with Crippen LogP contribution >= 0.6 is 0 Å². The highest BCUT2D eigenvalue weighted by molar-refractivity contribution is 5.94. The Labute approximate surface area is 133 Å². The molecule has 1 aromatic carbocycles. The Morgan fingerprint density at radius 2 is 2.05 bits per heavy atom. The number of unbranched alkanes of at least 4 members (excludes halogenated alkanes) is 1. The van der Waals surface area contributed by atoms with Crippen LogP contribution in [0.2, 0.25) is 0 Å². The lowest BCUT2D eigenvalue weighted by Gasteiger charge is -2.27. The third-order valence-electron chi connectivity index (χ3n) is 4.67.